The number of carbonyl (C=O) groups is 2. The molecular formula is C29H37F5N6O2. The predicted octanol–water partition coefficient (Wildman–Crippen LogP) is 5.36. The van der Waals surface area contributed by atoms with Crippen LogP contribution in [0.5, 0.6) is 0 Å². The highest BCUT2D eigenvalue weighted by atomic mass is 19.4. The molecule has 3 aliphatic rings. The van der Waals surface area contributed by atoms with E-state index in [4.69, 9.17) is 0 Å². The van der Waals surface area contributed by atoms with E-state index in [0.717, 1.165) is 38.2 Å². The molecule has 2 aromatic rings. The normalized spacial score (nSPS) is 20.7. The van der Waals surface area contributed by atoms with Crippen molar-refractivity contribution in [2.45, 2.75) is 101 Å². The van der Waals surface area contributed by atoms with Gasteiger partial charge < -0.3 is 10.6 Å². The van der Waals surface area contributed by atoms with E-state index in [1.54, 1.807) is 4.90 Å². The van der Waals surface area contributed by atoms with Gasteiger partial charge in [-0.2, -0.15) is 18.3 Å². The number of likely N-dealkylation sites (tertiary alicyclic amines) is 1. The van der Waals surface area contributed by atoms with E-state index < -0.39 is 29.6 Å². The monoisotopic (exact) mass is 596 g/mol. The van der Waals surface area contributed by atoms with Gasteiger partial charge in [-0.3, -0.25) is 24.2 Å². The molecule has 2 saturated carbocycles. The van der Waals surface area contributed by atoms with Gasteiger partial charge in [0.2, 0.25) is 5.91 Å². The van der Waals surface area contributed by atoms with Crippen molar-refractivity contribution < 1.29 is 31.5 Å². The van der Waals surface area contributed by atoms with E-state index in [-0.39, 0.29) is 67.4 Å². The molecule has 2 aliphatic carbocycles. The van der Waals surface area contributed by atoms with E-state index in [1.807, 2.05) is 0 Å². The fraction of sp³-hybridized carbons (Fsp3) is 0.655. The van der Waals surface area contributed by atoms with E-state index >= 15 is 0 Å². The molecule has 3 heterocycles. The summed E-state index contributed by atoms with van der Waals surface area (Å²) in [5, 5.41) is 10.2. The number of pyridine rings is 1. The molecule has 0 aromatic carbocycles. The molecule has 5 rings (SSSR count). The molecule has 42 heavy (non-hydrogen) atoms. The van der Waals surface area contributed by atoms with Crippen molar-refractivity contribution >= 4 is 11.8 Å². The van der Waals surface area contributed by atoms with Gasteiger partial charge in [0.05, 0.1) is 23.8 Å². The molecule has 2 N–H and O–H groups in total. The molecular weight excluding hydrogens is 559 g/mol. The zero-order valence-electron chi connectivity index (χ0n) is 23.4. The highest BCUT2D eigenvalue weighted by Gasteiger charge is 2.37. The summed E-state index contributed by atoms with van der Waals surface area (Å²) in [5.74, 6) is -3.65. The minimum atomic E-state index is -4.65. The fourth-order valence-corrected chi connectivity index (χ4v) is 6.07. The number of amides is 2. The third kappa shape index (κ3) is 7.45. The van der Waals surface area contributed by atoms with Crippen LogP contribution < -0.4 is 10.6 Å². The fourth-order valence-electron chi connectivity index (χ4n) is 6.07. The molecule has 2 aromatic heterocycles. The predicted molar refractivity (Wildman–Crippen MR) is 145 cm³/mol. The maximum atomic E-state index is 14.0. The van der Waals surface area contributed by atoms with E-state index in [0.29, 0.717) is 25.8 Å². The highest BCUT2D eigenvalue weighted by Crippen LogP contribution is 2.39. The molecule has 3 fully saturated rings. The summed E-state index contributed by atoms with van der Waals surface area (Å²) in [6.07, 6.45) is 3.08. The number of hydrogen-bond donors (Lipinski definition) is 2. The summed E-state index contributed by atoms with van der Waals surface area (Å²) in [6.45, 7) is 0.399. The summed E-state index contributed by atoms with van der Waals surface area (Å²) < 4.78 is 71.0. The van der Waals surface area contributed by atoms with Crippen LogP contribution in [0.4, 0.5) is 22.0 Å². The van der Waals surface area contributed by atoms with Crippen LogP contribution in [0.25, 0.3) is 11.4 Å². The first-order valence-electron chi connectivity index (χ1n) is 14.8. The minimum absolute atomic E-state index is 0.0405. The first kappa shape index (κ1) is 30.4. The minimum Gasteiger partial charge on any atom is -0.353 e. The van der Waals surface area contributed by atoms with Gasteiger partial charge in [-0.15, -0.1) is 0 Å². The molecule has 0 bridgehead atoms. The number of rotatable bonds is 10. The van der Waals surface area contributed by atoms with Gasteiger partial charge in [0.1, 0.15) is 5.69 Å². The van der Waals surface area contributed by atoms with E-state index in [1.165, 1.54) is 23.0 Å². The average molecular weight is 597 g/mol. The number of carbonyl (C=O) groups excluding carboxylic acids is 2. The van der Waals surface area contributed by atoms with Gasteiger partial charge in [-0.25, -0.2) is 8.78 Å². The lowest BCUT2D eigenvalue weighted by atomic mass is 9.93. The summed E-state index contributed by atoms with van der Waals surface area (Å²) in [7, 11) is 0. The second-order valence-electron chi connectivity index (χ2n) is 11.8. The molecule has 1 atom stereocenters. The number of piperidine rings is 1. The number of aromatic nitrogens is 3. The maximum absolute atomic E-state index is 14.0. The molecule has 2 amide bonds. The van der Waals surface area contributed by atoms with Gasteiger partial charge in [-0.1, -0.05) is 12.8 Å². The van der Waals surface area contributed by atoms with Crippen LogP contribution in [-0.2, 0) is 11.0 Å². The molecule has 230 valence electrons. The largest absolute Gasteiger partial charge is 0.418 e. The number of nitrogens with zero attached hydrogens (tertiary/aromatic N) is 4. The van der Waals surface area contributed by atoms with Gasteiger partial charge in [0.15, 0.2) is 5.69 Å². The van der Waals surface area contributed by atoms with Crippen molar-refractivity contribution in [2.24, 2.45) is 0 Å². The smallest absolute Gasteiger partial charge is 0.353 e. The van der Waals surface area contributed by atoms with Crippen molar-refractivity contribution in [1.82, 2.24) is 30.3 Å². The third-order valence-corrected chi connectivity index (χ3v) is 8.50. The number of halogens is 5. The lowest BCUT2D eigenvalue weighted by Crippen LogP contribution is -2.47. The first-order valence-corrected chi connectivity index (χ1v) is 14.8. The zero-order chi connectivity index (χ0) is 29.9. The molecule has 0 spiro atoms. The number of alkyl halides is 5. The van der Waals surface area contributed by atoms with Crippen molar-refractivity contribution in [1.29, 1.82) is 0 Å². The Bertz CT molecular complexity index is 1260. The van der Waals surface area contributed by atoms with Gasteiger partial charge >= 0.3 is 6.18 Å². The second kappa shape index (κ2) is 12.6. The van der Waals surface area contributed by atoms with Gasteiger partial charge in [0, 0.05) is 37.7 Å². The van der Waals surface area contributed by atoms with Gasteiger partial charge in [0.25, 0.3) is 11.8 Å². The Morgan fingerprint density at radius 1 is 1.10 bits per heavy atom. The molecule has 0 radical (unpaired) electrons. The Hall–Kier alpha value is -3.09. The van der Waals surface area contributed by atoms with Crippen LogP contribution in [0.1, 0.15) is 92.7 Å². The zero-order valence-corrected chi connectivity index (χ0v) is 23.4. The van der Waals surface area contributed by atoms with Crippen LogP contribution in [0.2, 0.25) is 0 Å². The van der Waals surface area contributed by atoms with Crippen molar-refractivity contribution in [2.75, 3.05) is 19.6 Å². The van der Waals surface area contributed by atoms with Crippen LogP contribution in [0, 0.1) is 0 Å². The SMILES string of the molecule is O=C(C[C@H](CCN1CCCC(F)(F)C1)NC(=O)c1cc(-c2ncccc2C(F)(F)F)n(C2CCCC2)n1)NC1CCC1. The Morgan fingerprint density at radius 3 is 2.52 bits per heavy atom. The summed E-state index contributed by atoms with van der Waals surface area (Å²) >= 11 is 0. The summed E-state index contributed by atoms with van der Waals surface area (Å²) in [5.41, 5.74) is -1.19. The maximum Gasteiger partial charge on any atom is 0.418 e. The number of hydrogen-bond acceptors (Lipinski definition) is 5. The Kier molecular flexibility index (Phi) is 9.14. The molecule has 1 saturated heterocycles. The molecule has 13 heteroatoms. The van der Waals surface area contributed by atoms with Crippen LogP contribution >= 0.6 is 0 Å². The molecule has 8 nitrogen and oxygen atoms in total. The van der Waals surface area contributed by atoms with Crippen molar-refractivity contribution in [3.63, 3.8) is 0 Å². The standard InChI is InChI=1S/C29H37F5N6O2/c30-28(31)12-5-14-39(18-28)15-11-20(16-25(41)36-19-6-3-7-19)37-27(42)23-17-24(40(38-23)21-8-1-2-9-21)26-22(29(32,33)34)10-4-13-35-26/h4,10,13,17,19-21H,1-3,5-9,11-12,14-16,18H2,(H,36,41)(H,37,42)/t20-/m0/s1. The Morgan fingerprint density at radius 2 is 1.86 bits per heavy atom. The van der Waals surface area contributed by atoms with E-state index in [2.05, 4.69) is 20.7 Å². The average Bonchev–Trinajstić information content (AvgIpc) is 3.59. The van der Waals surface area contributed by atoms with Gasteiger partial charge in [-0.05, 0) is 69.7 Å². The highest BCUT2D eigenvalue weighted by molar-refractivity contribution is 5.94. The van der Waals surface area contributed by atoms with Crippen LogP contribution in [0.3, 0.4) is 0 Å². The summed E-state index contributed by atoms with van der Waals surface area (Å²) in [6, 6.07) is 2.74. The van der Waals surface area contributed by atoms with Crippen LogP contribution in [0.15, 0.2) is 24.4 Å². The lowest BCUT2D eigenvalue weighted by Gasteiger charge is -2.33. The van der Waals surface area contributed by atoms with Crippen molar-refractivity contribution in [3.05, 3.63) is 35.7 Å². The second-order valence-corrected chi connectivity index (χ2v) is 11.8. The van der Waals surface area contributed by atoms with Crippen LogP contribution in [-0.4, -0.2) is 69.1 Å². The topological polar surface area (TPSA) is 92.2 Å². The van der Waals surface area contributed by atoms with E-state index in [9.17, 15) is 31.5 Å². The lowest BCUT2D eigenvalue weighted by molar-refractivity contribution is -0.137. The Balaban J connectivity index is 1.37. The molecule has 1 aliphatic heterocycles. The molecule has 0 unspecified atom stereocenters. The quantitative estimate of drug-likeness (QED) is 0.361. The third-order valence-electron chi connectivity index (χ3n) is 8.50. The Labute approximate surface area is 241 Å². The van der Waals surface area contributed by atoms with Crippen molar-refractivity contribution in [3.8, 4) is 11.4 Å². The summed E-state index contributed by atoms with van der Waals surface area (Å²) in [4.78, 5) is 31.9. The first-order chi connectivity index (χ1) is 20.0. The number of nitrogens with one attached hydrogen (secondary N) is 2.